The second-order valence-corrected chi connectivity index (χ2v) is 5.01. The van der Waals surface area contributed by atoms with E-state index in [9.17, 15) is 0 Å². The maximum Gasteiger partial charge on any atom is 0.125 e. The molecule has 2 N–H and O–H groups in total. The highest BCUT2D eigenvalue weighted by molar-refractivity contribution is 6.30. The summed E-state index contributed by atoms with van der Waals surface area (Å²) in [6.07, 6.45) is 0. The van der Waals surface area contributed by atoms with Gasteiger partial charge in [0, 0.05) is 22.2 Å². The van der Waals surface area contributed by atoms with Crippen molar-refractivity contribution in [3.8, 4) is 11.5 Å². The van der Waals surface area contributed by atoms with E-state index in [1.165, 1.54) is 0 Å². The van der Waals surface area contributed by atoms with E-state index >= 15 is 0 Å². The minimum absolute atomic E-state index is 0.0764. The second-order valence-electron chi connectivity index (χ2n) is 4.57. The van der Waals surface area contributed by atoms with E-state index in [1.807, 2.05) is 43.3 Å². The first-order valence-corrected chi connectivity index (χ1v) is 6.79. The summed E-state index contributed by atoms with van der Waals surface area (Å²) >= 11 is 6.01. The Morgan fingerprint density at radius 2 is 1.90 bits per heavy atom. The summed E-state index contributed by atoms with van der Waals surface area (Å²) < 4.78 is 11.2. The molecular formula is C16H18ClNO2. The molecule has 0 spiro atoms. The Balaban J connectivity index is 2.19. The van der Waals surface area contributed by atoms with Crippen LogP contribution in [-0.2, 0) is 6.61 Å². The van der Waals surface area contributed by atoms with Gasteiger partial charge in [-0.05, 0) is 31.2 Å². The third-order valence-corrected chi connectivity index (χ3v) is 3.27. The van der Waals surface area contributed by atoms with Gasteiger partial charge in [-0.3, -0.25) is 0 Å². The average Bonchev–Trinajstić information content (AvgIpc) is 2.45. The van der Waals surface area contributed by atoms with Crippen LogP contribution in [-0.4, -0.2) is 7.11 Å². The molecule has 3 nitrogen and oxygen atoms in total. The fraction of sp³-hybridized carbons (Fsp3) is 0.250. The van der Waals surface area contributed by atoms with Crippen molar-refractivity contribution in [3.63, 3.8) is 0 Å². The summed E-state index contributed by atoms with van der Waals surface area (Å²) in [6.45, 7) is 2.32. The molecule has 4 heteroatoms. The molecule has 0 aliphatic heterocycles. The molecule has 1 atom stereocenters. The summed E-state index contributed by atoms with van der Waals surface area (Å²) in [5.41, 5.74) is 7.82. The zero-order valence-corrected chi connectivity index (χ0v) is 12.4. The van der Waals surface area contributed by atoms with E-state index in [0.29, 0.717) is 11.6 Å². The maximum atomic E-state index is 6.01. The van der Waals surface area contributed by atoms with Crippen molar-refractivity contribution in [2.45, 2.75) is 19.6 Å². The van der Waals surface area contributed by atoms with Crippen molar-refractivity contribution in [1.29, 1.82) is 0 Å². The second kappa shape index (κ2) is 6.64. The molecule has 0 aromatic heterocycles. The maximum absolute atomic E-state index is 6.01. The van der Waals surface area contributed by atoms with Crippen LogP contribution in [0.1, 0.15) is 24.1 Å². The summed E-state index contributed by atoms with van der Waals surface area (Å²) in [4.78, 5) is 0. The monoisotopic (exact) mass is 291 g/mol. The van der Waals surface area contributed by atoms with E-state index < -0.39 is 0 Å². The Labute approximate surface area is 124 Å². The van der Waals surface area contributed by atoms with Gasteiger partial charge in [0.2, 0.25) is 0 Å². The lowest BCUT2D eigenvalue weighted by atomic mass is 10.1. The average molecular weight is 292 g/mol. The van der Waals surface area contributed by atoms with Gasteiger partial charge >= 0.3 is 0 Å². The van der Waals surface area contributed by atoms with Gasteiger partial charge in [0.05, 0.1) is 7.11 Å². The van der Waals surface area contributed by atoms with E-state index in [0.717, 1.165) is 22.6 Å². The van der Waals surface area contributed by atoms with Crippen LogP contribution in [0.15, 0.2) is 42.5 Å². The van der Waals surface area contributed by atoms with Crippen LogP contribution in [0.5, 0.6) is 11.5 Å². The summed E-state index contributed by atoms with van der Waals surface area (Å²) in [6, 6.07) is 13.1. The van der Waals surface area contributed by atoms with Crippen molar-refractivity contribution in [2.24, 2.45) is 5.73 Å². The van der Waals surface area contributed by atoms with Gasteiger partial charge in [-0.15, -0.1) is 0 Å². The number of nitrogens with two attached hydrogens (primary N) is 1. The van der Waals surface area contributed by atoms with E-state index in [-0.39, 0.29) is 6.04 Å². The van der Waals surface area contributed by atoms with Gasteiger partial charge < -0.3 is 15.2 Å². The molecule has 2 aromatic carbocycles. The van der Waals surface area contributed by atoms with Gasteiger partial charge in [-0.2, -0.15) is 0 Å². The van der Waals surface area contributed by atoms with Gasteiger partial charge in [0.15, 0.2) is 0 Å². The minimum Gasteiger partial charge on any atom is -0.496 e. The number of methoxy groups -OCH3 is 1. The molecule has 0 heterocycles. The highest BCUT2D eigenvalue weighted by Crippen LogP contribution is 2.27. The highest BCUT2D eigenvalue weighted by atomic mass is 35.5. The number of rotatable bonds is 5. The quantitative estimate of drug-likeness (QED) is 0.907. The number of halogens is 1. The van der Waals surface area contributed by atoms with Crippen molar-refractivity contribution < 1.29 is 9.47 Å². The van der Waals surface area contributed by atoms with Crippen LogP contribution in [0.4, 0.5) is 0 Å². The zero-order chi connectivity index (χ0) is 14.5. The molecule has 0 fully saturated rings. The molecule has 0 unspecified atom stereocenters. The highest BCUT2D eigenvalue weighted by Gasteiger charge is 2.09. The normalized spacial score (nSPS) is 12.0. The van der Waals surface area contributed by atoms with Crippen LogP contribution in [0.3, 0.4) is 0 Å². The third kappa shape index (κ3) is 3.44. The molecule has 106 valence electrons. The van der Waals surface area contributed by atoms with Crippen LogP contribution in [0.25, 0.3) is 0 Å². The van der Waals surface area contributed by atoms with Crippen molar-refractivity contribution in [2.75, 3.05) is 7.11 Å². The molecular weight excluding hydrogens is 274 g/mol. The molecule has 0 amide bonds. The Bertz CT molecular complexity index is 584. The number of benzene rings is 2. The number of para-hydroxylation sites is 1. The van der Waals surface area contributed by atoms with Crippen LogP contribution in [0, 0.1) is 0 Å². The molecule has 0 saturated carbocycles. The van der Waals surface area contributed by atoms with Crippen LogP contribution in [0.2, 0.25) is 5.02 Å². The summed E-state index contributed by atoms with van der Waals surface area (Å²) in [7, 11) is 1.63. The minimum atomic E-state index is -0.0764. The molecule has 0 aliphatic carbocycles. The molecule has 2 aromatic rings. The number of ether oxygens (including phenoxy) is 2. The SMILES string of the molecule is COc1ccc(Cl)cc1COc1ccccc1[C@@H](C)N. The fourth-order valence-electron chi connectivity index (χ4n) is 2.00. The Morgan fingerprint density at radius 1 is 1.15 bits per heavy atom. The Kier molecular flexibility index (Phi) is 4.88. The predicted molar refractivity (Wildman–Crippen MR) is 81.4 cm³/mol. The molecule has 0 radical (unpaired) electrons. The van der Waals surface area contributed by atoms with Gasteiger partial charge in [-0.25, -0.2) is 0 Å². The smallest absolute Gasteiger partial charge is 0.125 e. The number of hydrogen-bond acceptors (Lipinski definition) is 3. The first kappa shape index (κ1) is 14.7. The fourth-order valence-corrected chi connectivity index (χ4v) is 2.20. The van der Waals surface area contributed by atoms with Crippen LogP contribution >= 0.6 is 11.6 Å². The predicted octanol–water partition coefficient (Wildman–Crippen LogP) is 3.95. The van der Waals surface area contributed by atoms with Gasteiger partial charge in [0.1, 0.15) is 18.1 Å². The summed E-state index contributed by atoms with van der Waals surface area (Å²) in [5.74, 6) is 1.54. The van der Waals surface area contributed by atoms with Crippen molar-refractivity contribution in [1.82, 2.24) is 0 Å². The molecule has 0 aliphatic rings. The Morgan fingerprint density at radius 3 is 2.60 bits per heavy atom. The van der Waals surface area contributed by atoms with Crippen LogP contribution < -0.4 is 15.2 Å². The lowest BCUT2D eigenvalue weighted by Crippen LogP contribution is -2.08. The largest absolute Gasteiger partial charge is 0.496 e. The van der Waals surface area contributed by atoms with Gasteiger partial charge in [0.25, 0.3) is 0 Å². The lowest BCUT2D eigenvalue weighted by Gasteiger charge is -2.15. The van der Waals surface area contributed by atoms with E-state index in [1.54, 1.807) is 13.2 Å². The molecule has 20 heavy (non-hydrogen) atoms. The number of hydrogen-bond donors (Lipinski definition) is 1. The van der Waals surface area contributed by atoms with Crippen molar-refractivity contribution >= 4 is 11.6 Å². The van der Waals surface area contributed by atoms with Gasteiger partial charge in [-0.1, -0.05) is 29.8 Å². The standard InChI is InChI=1S/C16H18ClNO2/c1-11(18)14-5-3-4-6-16(14)20-10-12-9-13(17)7-8-15(12)19-2/h3-9,11H,10,18H2,1-2H3/t11-/m1/s1. The Hall–Kier alpha value is -1.71. The van der Waals surface area contributed by atoms with E-state index in [2.05, 4.69) is 0 Å². The van der Waals surface area contributed by atoms with Crippen molar-refractivity contribution in [3.05, 3.63) is 58.6 Å². The first-order chi connectivity index (χ1) is 9.61. The third-order valence-electron chi connectivity index (χ3n) is 3.04. The molecule has 0 bridgehead atoms. The first-order valence-electron chi connectivity index (χ1n) is 6.41. The topological polar surface area (TPSA) is 44.5 Å². The zero-order valence-electron chi connectivity index (χ0n) is 11.6. The molecule has 0 saturated heterocycles. The summed E-state index contributed by atoms with van der Waals surface area (Å²) in [5, 5.41) is 0.657. The molecule has 2 rings (SSSR count). The van der Waals surface area contributed by atoms with E-state index in [4.69, 9.17) is 26.8 Å². The lowest BCUT2D eigenvalue weighted by molar-refractivity contribution is 0.292.